The molecule has 0 aliphatic rings. The minimum Gasteiger partial charge on any atom is -0.497 e. The fourth-order valence-corrected chi connectivity index (χ4v) is 1.46. The van der Waals surface area contributed by atoms with Crippen molar-refractivity contribution in [1.29, 1.82) is 0 Å². The zero-order valence-corrected chi connectivity index (χ0v) is 11.2. The van der Waals surface area contributed by atoms with E-state index < -0.39 is 0 Å². The molecule has 0 aliphatic heterocycles. The van der Waals surface area contributed by atoms with Gasteiger partial charge in [0.2, 0.25) is 0 Å². The van der Waals surface area contributed by atoms with Gasteiger partial charge < -0.3 is 4.74 Å². The molecule has 0 unspecified atom stereocenters. The zero-order chi connectivity index (χ0) is 12.6. The summed E-state index contributed by atoms with van der Waals surface area (Å²) in [7, 11) is 1.65. The van der Waals surface area contributed by atoms with Gasteiger partial charge in [0.15, 0.2) is 0 Å². The van der Waals surface area contributed by atoms with Crippen molar-refractivity contribution in [3.8, 4) is 0 Å². The summed E-state index contributed by atoms with van der Waals surface area (Å²) >= 11 is 0. The van der Waals surface area contributed by atoms with Crippen LogP contribution in [0, 0.1) is 5.92 Å². The Bertz CT molecular complexity index is 313. The summed E-state index contributed by atoms with van der Waals surface area (Å²) in [5, 5.41) is 0. The van der Waals surface area contributed by atoms with Gasteiger partial charge in [-0.05, 0) is 24.0 Å². The highest BCUT2D eigenvalue weighted by Gasteiger charge is 2.01. The van der Waals surface area contributed by atoms with E-state index >= 15 is 0 Å². The molecule has 0 heterocycles. The predicted molar refractivity (Wildman–Crippen MR) is 72.4 cm³/mol. The first-order chi connectivity index (χ1) is 7.63. The van der Waals surface area contributed by atoms with Crippen molar-refractivity contribution in [1.82, 2.24) is 0 Å². The Morgan fingerprint density at radius 3 is 2.44 bits per heavy atom. The van der Waals surface area contributed by atoms with Gasteiger partial charge >= 0.3 is 0 Å². The van der Waals surface area contributed by atoms with Crippen LogP contribution in [0.15, 0.2) is 30.8 Å². The Hall–Kier alpha value is -1.24. The summed E-state index contributed by atoms with van der Waals surface area (Å²) in [6.45, 7) is 12.3. The molecule has 16 heavy (non-hydrogen) atoms. The molecule has 0 fully saturated rings. The third-order valence-corrected chi connectivity index (χ3v) is 2.14. The van der Waals surface area contributed by atoms with Gasteiger partial charge in [0.25, 0.3) is 0 Å². The molecule has 0 aromatic heterocycles. The van der Waals surface area contributed by atoms with E-state index in [0.717, 1.165) is 17.7 Å². The van der Waals surface area contributed by atoms with Crippen LogP contribution in [0.5, 0.6) is 0 Å². The smallest absolute Gasteiger partial charge is 0.118 e. The van der Waals surface area contributed by atoms with Gasteiger partial charge in [-0.25, -0.2) is 0 Å². The Morgan fingerprint density at radius 1 is 1.31 bits per heavy atom. The maximum absolute atomic E-state index is 5.10. The highest BCUT2D eigenvalue weighted by molar-refractivity contribution is 5.57. The molecule has 0 saturated carbocycles. The van der Waals surface area contributed by atoms with Gasteiger partial charge in [-0.3, -0.25) is 0 Å². The van der Waals surface area contributed by atoms with E-state index in [1.165, 1.54) is 5.56 Å². The molecule has 90 valence electrons. The van der Waals surface area contributed by atoms with E-state index in [2.05, 4.69) is 38.6 Å². The van der Waals surface area contributed by atoms with E-state index in [9.17, 15) is 0 Å². The second-order valence-electron chi connectivity index (χ2n) is 3.93. The molecule has 0 radical (unpaired) electrons. The molecular weight excluding hydrogens is 196 g/mol. The van der Waals surface area contributed by atoms with Crippen molar-refractivity contribution in [2.24, 2.45) is 5.92 Å². The Balaban J connectivity index is 0.00000106. The fourth-order valence-electron chi connectivity index (χ4n) is 1.46. The molecule has 1 nitrogen and oxygen atoms in total. The molecule has 0 bridgehead atoms. The molecule has 1 aromatic rings. The molecule has 0 aliphatic carbocycles. The van der Waals surface area contributed by atoms with Crippen molar-refractivity contribution in [2.45, 2.75) is 34.1 Å². The minimum absolute atomic E-state index is 0.682. The maximum atomic E-state index is 5.10. The van der Waals surface area contributed by atoms with Crippen LogP contribution in [0.2, 0.25) is 0 Å². The van der Waals surface area contributed by atoms with Crippen LogP contribution in [0.4, 0.5) is 0 Å². The SMILES string of the molecule is C=C(OC)c1cccc(CC(C)C)c1.CC. The third kappa shape index (κ3) is 5.01. The lowest BCUT2D eigenvalue weighted by Gasteiger charge is -2.08. The van der Waals surface area contributed by atoms with Gasteiger partial charge in [0.1, 0.15) is 5.76 Å². The first-order valence-electron chi connectivity index (χ1n) is 5.95. The summed E-state index contributed by atoms with van der Waals surface area (Å²) in [6, 6.07) is 8.37. The fraction of sp³-hybridized carbons (Fsp3) is 0.467. The van der Waals surface area contributed by atoms with Crippen LogP contribution in [-0.2, 0) is 11.2 Å². The highest BCUT2D eigenvalue weighted by atomic mass is 16.5. The quantitative estimate of drug-likeness (QED) is 0.677. The van der Waals surface area contributed by atoms with Crippen LogP contribution in [0.1, 0.15) is 38.8 Å². The normalized spacial score (nSPS) is 9.38. The average molecular weight is 220 g/mol. The molecular formula is C15H24O. The van der Waals surface area contributed by atoms with E-state index in [4.69, 9.17) is 4.74 Å². The van der Waals surface area contributed by atoms with Crippen LogP contribution in [0.25, 0.3) is 5.76 Å². The average Bonchev–Trinajstić information content (AvgIpc) is 2.30. The van der Waals surface area contributed by atoms with Crippen molar-refractivity contribution < 1.29 is 4.74 Å². The van der Waals surface area contributed by atoms with Gasteiger partial charge in [-0.1, -0.05) is 52.5 Å². The first kappa shape index (κ1) is 14.8. The van der Waals surface area contributed by atoms with Crippen molar-refractivity contribution in [2.75, 3.05) is 7.11 Å². The van der Waals surface area contributed by atoms with Crippen LogP contribution < -0.4 is 0 Å². The number of rotatable bonds is 4. The van der Waals surface area contributed by atoms with Crippen LogP contribution in [-0.4, -0.2) is 7.11 Å². The van der Waals surface area contributed by atoms with Gasteiger partial charge in [0.05, 0.1) is 7.11 Å². The lowest BCUT2D eigenvalue weighted by atomic mass is 10.0. The van der Waals surface area contributed by atoms with Gasteiger partial charge in [-0.2, -0.15) is 0 Å². The van der Waals surface area contributed by atoms with Gasteiger partial charge in [0, 0.05) is 5.56 Å². The summed E-state index contributed by atoms with van der Waals surface area (Å²) in [4.78, 5) is 0. The van der Waals surface area contributed by atoms with Crippen LogP contribution in [0.3, 0.4) is 0 Å². The van der Waals surface area contributed by atoms with Crippen molar-refractivity contribution >= 4 is 5.76 Å². The van der Waals surface area contributed by atoms with E-state index in [-0.39, 0.29) is 0 Å². The summed E-state index contributed by atoms with van der Waals surface area (Å²) in [5.74, 6) is 1.41. The maximum Gasteiger partial charge on any atom is 0.118 e. The molecule has 0 saturated heterocycles. The summed E-state index contributed by atoms with van der Waals surface area (Å²) < 4.78 is 5.10. The monoisotopic (exact) mass is 220 g/mol. The Labute approximate surface area is 100 Å². The Morgan fingerprint density at radius 2 is 1.94 bits per heavy atom. The second-order valence-corrected chi connectivity index (χ2v) is 3.93. The Kier molecular flexibility index (Phi) is 7.36. The van der Waals surface area contributed by atoms with Crippen LogP contribution >= 0.6 is 0 Å². The molecule has 1 heteroatoms. The van der Waals surface area contributed by atoms with Gasteiger partial charge in [-0.15, -0.1) is 0 Å². The van der Waals surface area contributed by atoms with E-state index in [0.29, 0.717) is 5.92 Å². The number of hydrogen-bond acceptors (Lipinski definition) is 1. The topological polar surface area (TPSA) is 9.23 Å². The van der Waals surface area contributed by atoms with Crippen molar-refractivity contribution in [3.63, 3.8) is 0 Å². The zero-order valence-electron chi connectivity index (χ0n) is 11.2. The molecule has 0 amide bonds. The van der Waals surface area contributed by atoms with E-state index in [1.807, 2.05) is 19.9 Å². The summed E-state index contributed by atoms with van der Waals surface area (Å²) in [6.07, 6.45) is 1.10. The first-order valence-corrected chi connectivity index (χ1v) is 5.95. The minimum atomic E-state index is 0.682. The third-order valence-electron chi connectivity index (χ3n) is 2.14. The molecule has 1 rings (SSSR count). The lowest BCUT2D eigenvalue weighted by Crippen LogP contribution is -1.95. The number of hydrogen-bond donors (Lipinski definition) is 0. The lowest BCUT2D eigenvalue weighted by molar-refractivity contribution is 0.371. The molecule has 0 N–H and O–H groups in total. The van der Waals surface area contributed by atoms with E-state index in [1.54, 1.807) is 7.11 Å². The molecule has 0 spiro atoms. The molecule has 1 aromatic carbocycles. The highest BCUT2D eigenvalue weighted by Crippen LogP contribution is 2.16. The standard InChI is InChI=1S/C13H18O.C2H6/c1-10(2)8-12-6-5-7-13(9-12)11(3)14-4;1-2/h5-7,9-10H,3,8H2,1-2,4H3;1-2H3. The largest absolute Gasteiger partial charge is 0.497 e. The predicted octanol–water partition coefficient (Wildman–Crippen LogP) is 4.53. The number of benzene rings is 1. The second kappa shape index (κ2) is 7.98. The molecule has 0 atom stereocenters. The summed E-state index contributed by atoms with van der Waals surface area (Å²) in [5.41, 5.74) is 2.42. The van der Waals surface area contributed by atoms with Crippen molar-refractivity contribution in [3.05, 3.63) is 42.0 Å². The number of ether oxygens (including phenoxy) is 1. The number of methoxy groups -OCH3 is 1.